The van der Waals surface area contributed by atoms with E-state index in [1.807, 2.05) is 13.8 Å². The number of nitrogen functional groups attached to an aromatic ring is 1. The predicted molar refractivity (Wildman–Crippen MR) is 200 cm³/mol. The summed E-state index contributed by atoms with van der Waals surface area (Å²) in [6.45, 7) is 5.39. The molecule has 61 heavy (non-hydrogen) atoms. The summed E-state index contributed by atoms with van der Waals surface area (Å²) in [5, 5.41) is 26.0. The average Bonchev–Trinajstić information content (AvgIpc) is 3.70. The van der Waals surface area contributed by atoms with Crippen LogP contribution in [0, 0.1) is 10.8 Å². The van der Waals surface area contributed by atoms with Gasteiger partial charge in [0.05, 0.1) is 33.8 Å². The Kier molecular flexibility index (Phi) is 16.6. The second-order valence-corrected chi connectivity index (χ2v) is 20.1. The highest BCUT2D eigenvalue weighted by atomic mass is 32.2. The summed E-state index contributed by atoms with van der Waals surface area (Å²) >= 11 is 0.945. The van der Waals surface area contributed by atoms with Crippen LogP contribution in [-0.2, 0) is 60.2 Å². The molecule has 26 nitrogen and oxygen atoms in total. The number of nitrogens with one attached hydrogen (secondary N) is 2. The summed E-state index contributed by atoms with van der Waals surface area (Å²) in [5.41, 5.74) is 4.29. The summed E-state index contributed by atoms with van der Waals surface area (Å²) < 4.78 is 65.9. The Morgan fingerprint density at radius 1 is 1.08 bits per heavy atom. The number of nitrogens with two attached hydrogens (primary N) is 1. The lowest BCUT2D eigenvalue weighted by Crippen LogP contribution is -2.46. The number of nitrogens with zero attached hydrogens (tertiary/aromatic N) is 4. The molecule has 0 aromatic carbocycles. The van der Waals surface area contributed by atoms with Crippen molar-refractivity contribution in [3.63, 3.8) is 0 Å². The van der Waals surface area contributed by atoms with Crippen molar-refractivity contribution in [2.45, 2.75) is 84.2 Å². The van der Waals surface area contributed by atoms with E-state index >= 15 is 0 Å². The fraction of sp³-hybridized carbons (Fsp3) is 0.645. The number of imidazole rings is 1. The number of aliphatic hydroxyl groups is 2. The van der Waals surface area contributed by atoms with Crippen molar-refractivity contribution in [3.05, 3.63) is 24.3 Å². The lowest BCUT2D eigenvalue weighted by Gasteiger charge is -2.37. The average molecular weight is 944 g/mol. The van der Waals surface area contributed by atoms with Gasteiger partial charge >= 0.3 is 5.97 Å². The first-order valence-corrected chi connectivity index (χ1v) is 23.4. The number of aliphatic hydroxyl groups excluding tert-OH is 2. The summed E-state index contributed by atoms with van der Waals surface area (Å²) in [5.74, 6) is -1.95. The molecule has 1 saturated heterocycles. The maximum atomic E-state index is 12.6. The zero-order chi connectivity index (χ0) is 45.7. The lowest BCUT2D eigenvalue weighted by atomic mass is 9.77. The Balaban J connectivity index is 1.20. The maximum absolute atomic E-state index is 12.6. The van der Waals surface area contributed by atoms with Crippen molar-refractivity contribution in [2.75, 3.05) is 37.8 Å². The first-order valence-electron chi connectivity index (χ1n) is 18.0. The van der Waals surface area contributed by atoms with Gasteiger partial charge in [-0.05, 0) is 6.92 Å². The molecule has 0 spiro atoms. The molecule has 8 atom stereocenters. The van der Waals surface area contributed by atoms with Gasteiger partial charge in [-0.1, -0.05) is 45.0 Å². The zero-order valence-electron chi connectivity index (χ0n) is 33.1. The normalized spacial score (nSPS) is 24.3. The number of amides is 2. The minimum Gasteiger partial charge on any atom is -0.790 e. The van der Waals surface area contributed by atoms with E-state index in [1.165, 1.54) is 19.9 Å². The van der Waals surface area contributed by atoms with Crippen molar-refractivity contribution in [2.24, 2.45) is 10.8 Å². The number of ether oxygens (including phenoxy) is 2. The van der Waals surface area contributed by atoms with Crippen LogP contribution in [0.1, 0.15) is 53.7 Å². The SMILES string of the molecule is CC1=CC(=O)O[C@H](CC(=O)SCCNC(=O)CCNC(=O)[C@H](O)C(C)(C)COP(=O)([O-])OP(=O)([O-])OC[C@H]2O[C@@H](n3cnc4c(N)ncnc43)[C@H](O)[C@@H]2OP(=O)([O-])[O-])C1(C)C. The molecule has 2 unspecified atom stereocenters. The van der Waals surface area contributed by atoms with Crippen molar-refractivity contribution in [1.29, 1.82) is 0 Å². The van der Waals surface area contributed by atoms with Crippen LogP contribution >= 0.6 is 35.2 Å². The molecule has 1 fully saturated rings. The van der Waals surface area contributed by atoms with Gasteiger partial charge in [0.1, 0.15) is 42.4 Å². The van der Waals surface area contributed by atoms with Gasteiger partial charge in [0.2, 0.25) is 11.8 Å². The summed E-state index contributed by atoms with van der Waals surface area (Å²) in [6, 6.07) is 0. The fourth-order valence-corrected chi connectivity index (χ4v) is 9.15. The number of carbonyl (C=O) groups is 4. The Morgan fingerprint density at radius 2 is 1.75 bits per heavy atom. The van der Waals surface area contributed by atoms with E-state index in [-0.39, 0.29) is 53.8 Å². The molecular weight excluding hydrogens is 899 g/mol. The number of cyclic esters (lactones) is 1. The van der Waals surface area contributed by atoms with Crippen LogP contribution in [-0.4, -0.2) is 115 Å². The lowest BCUT2D eigenvalue weighted by molar-refractivity contribution is -0.347. The van der Waals surface area contributed by atoms with Gasteiger partial charge in [0.25, 0.3) is 15.6 Å². The number of carbonyl (C=O) groups excluding carboxylic acids is 4. The monoisotopic (exact) mass is 943 g/mol. The maximum Gasteiger partial charge on any atom is 0.331 e. The summed E-state index contributed by atoms with van der Waals surface area (Å²) in [7, 11) is -17.7. The standard InChI is InChI=1S/C31H48N7O19P3S/c1-16-10-20(40)55-18(31(16,4)5)11-21(41)61-9-8-33-19(39)6-7-34-28(44)25(43)30(2,3)13-53-60(50,51)57-59(48,49)52-12-17-24(56-58(45,46)47)23(42)29(54-17)38-15-37-22-26(32)35-14-36-27(22)38/h10,14-15,17-18,23-25,29,42-43H,6-9,11-13H2,1-5H3,(H,33,39)(H,34,44)(H,48,49)(H,50,51)(H2,32,35,36)(H2,45,46,47)/p-4/t17-,18-,23-,24-,25+,29-/m1/s1. The largest absolute Gasteiger partial charge is 0.790 e. The van der Waals surface area contributed by atoms with Crippen LogP contribution in [0.2, 0.25) is 0 Å². The Labute approximate surface area is 351 Å². The highest BCUT2D eigenvalue weighted by Crippen LogP contribution is 2.56. The van der Waals surface area contributed by atoms with E-state index in [0.29, 0.717) is 0 Å². The number of phosphoric ester groups is 3. The van der Waals surface area contributed by atoms with Gasteiger partial charge in [-0.2, -0.15) is 0 Å². The predicted octanol–water partition coefficient (Wildman–Crippen LogP) is -2.58. The Hall–Kier alpha value is -3.23. The van der Waals surface area contributed by atoms with Crippen LogP contribution < -0.4 is 35.9 Å². The van der Waals surface area contributed by atoms with Gasteiger partial charge in [-0.15, -0.1) is 0 Å². The van der Waals surface area contributed by atoms with E-state index in [2.05, 4.69) is 43.5 Å². The van der Waals surface area contributed by atoms with Crippen molar-refractivity contribution >= 4 is 75.1 Å². The number of anilines is 1. The molecule has 0 bridgehead atoms. The molecule has 0 saturated carbocycles. The van der Waals surface area contributed by atoms with Crippen LogP contribution in [0.25, 0.3) is 11.2 Å². The quantitative estimate of drug-likeness (QED) is 0.0487. The third kappa shape index (κ3) is 13.9. The number of hydrogen-bond acceptors (Lipinski definition) is 24. The van der Waals surface area contributed by atoms with Crippen LogP contribution in [0.5, 0.6) is 0 Å². The molecule has 6 N–H and O–H groups in total. The molecule has 2 aromatic rings. The first-order chi connectivity index (χ1) is 28.1. The molecule has 2 amide bonds. The molecule has 2 aliphatic heterocycles. The number of esters is 1. The van der Waals surface area contributed by atoms with Crippen LogP contribution in [0.4, 0.5) is 5.82 Å². The number of aromatic nitrogens is 4. The highest BCUT2D eigenvalue weighted by molar-refractivity contribution is 8.13. The highest BCUT2D eigenvalue weighted by Gasteiger charge is 2.47. The zero-order valence-corrected chi connectivity index (χ0v) is 36.6. The van der Waals surface area contributed by atoms with Gasteiger partial charge in [0.15, 0.2) is 22.8 Å². The molecule has 4 heterocycles. The van der Waals surface area contributed by atoms with Gasteiger partial charge in [-0.3, -0.25) is 28.1 Å². The third-order valence-corrected chi connectivity index (χ3v) is 13.4. The summed E-state index contributed by atoms with van der Waals surface area (Å²) in [6.07, 6.45) is -7.00. The Morgan fingerprint density at radius 3 is 2.43 bits per heavy atom. The molecule has 342 valence electrons. The topological polar surface area (TPSA) is 401 Å². The van der Waals surface area contributed by atoms with Gasteiger partial charge < -0.3 is 73.8 Å². The smallest absolute Gasteiger partial charge is 0.331 e. The van der Waals surface area contributed by atoms with E-state index < -0.39 is 102 Å². The molecule has 2 aromatic heterocycles. The minimum absolute atomic E-state index is 0.0189. The molecule has 0 aliphatic carbocycles. The van der Waals surface area contributed by atoms with Gasteiger partial charge in [0, 0.05) is 42.2 Å². The van der Waals surface area contributed by atoms with Crippen molar-refractivity contribution in [1.82, 2.24) is 30.2 Å². The van der Waals surface area contributed by atoms with E-state index in [1.54, 1.807) is 6.92 Å². The third-order valence-electron chi connectivity index (χ3n) is 9.51. The number of rotatable bonds is 21. The molecule has 2 aliphatic rings. The minimum atomic E-state index is -5.94. The molecular formula is C31H44N7O19P3S-4. The fourth-order valence-electron chi connectivity index (χ4n) is 5.72. The van der Waals surface area contributed by atoms with E-state index in [0.717, 1.165) is 34.6 Å². The molecule has 30 heteroatoms. The van der Waals surface area contributed by atoms with E-state index in [9.17, 15) is 62.7 Å². The number of phosphoric acid groups is 3. The number of hydrogen-bond donors (Lipinski definition) is 5. The van der Waals surface area contributed by atoms with Crippen molar-refractivity contribution < 1.29 is 90.0 Å². The second-order valence-electron chi connectivity index (χ2n) is 14.9. The van der Waals surface area contributed by atoms with Crippen molar-refractivity contribution in [3.8, 4) is 0 Å². The first kappa shape index (κ1) is 50.4. The van der Waals surface area contributed by atoms with E-state index in [4.69, 9.17) is 15.2 Å². The number of thioether (sulfide) groups is 1. The molecule has 0 radical (unpaired) electrons. The summed E-state index contributed by atoms with van der Waals surface area (Å²) in [4.78, 5) is 109. The van der Waals surface area contributed by atoms with Gasteiger partial charge in [-0.25, -0.2) is 24.1 Å². The van der Waals surface area contributed by atoms with Crippen LogP contribution in [0.15, 0.2) is 24.3 Å². The number of fused-ring (bicyclic) bond motifs is 1. The van der Waals surface area contributed by atoms with Crippen LogP contribution in [0.3, 0.4) is 0 Å². The Bertz CT molecular complexity index is 2130. The second kappa shape index (κ2) is 20.1. The molecule has 4 rings (SSSR count).